The van der Waals surface area contributed by atoms with Gasteiger partial charge in [0.25, 0.3) is 0 Å². The molecule has 23 heavy (non-hydrogen) atoms. The molecule has 118 valence electrons. The number of esters is 1. The summed E-state index contributed by atoms with van der Waals surface area (Å²) in [6.45, 7) is 2.09. The van der Waals surface area contributed by atoms with Gasteiger partial charge in [0.1, 0.15) is 12.4 Å². The Morgan fingerprint density at radius 1 is 1.09 bits per heavy atom. The van der Waals surface area contributed by atoms with Crippen molar-refractivity contribution >= 4 is 11.8 Å². The second-order valence-electron chi connectivity index (χ2n) is 4.93. The van der Waals surface area contributed by atoms with Crippen LogP contribution >= 0.6 is 0 Å². The number of carbonyl (C=O) groups is 2. The molecule has 0 bridgehead atoms. The number of benzene rings is 2. The second-order valence-corrected chi connectivity index (χ2v) is 4.93. The molecular weight excluding hydrogens is 292 g/mol. The number of carbonyl (C=O) groups excluding carboxylic acids is 2. The van der Waals surface area contributed by atoms with Crippen molar-refractivity contribution in [1.82, 2.24) is 0 Å². The zero-order chi connectivity index (χ0) is 16.7. The number of hydrogen-bond donors (Lipinski definition) is 0. The van der Waals surface area contributed by atoms with Gasteiger partial charge in [-0.1, -0.05) is 42.0 Å². The predicted molar refractivity (Wildman–Crippen MR) is 87.7 cm³/mol. The SMILES string of the molecule is COC(=O)C=CCOc1ccc(C)cc1C(=O)c1ccccc1. The highest BCUT2D eigenvalue weighted by molar-refractivity contribution is 6.10. The van der Waals surface area contributed by atoms with Gasteiger partial charge in [-0.2, -0.15) is 0 Å². The number of hydrogen-bond acceptors (Lipinski definition) is 4. The molecule has 4 nitrogen and oxygen atoms in total. The minimum atomic E-state index is -0.446. The maximum absolute atomic E-state index is 12.6. The highest BCUT2D eigenvalue weighted by atomic mass is 16.5. The molecule has 0 atom stereocenters. The van der Waals surface area contributed by atoms with Gasteiger partial charge in [-0.05, 0) is 25.1 Å². The molecule has 0 N–H and O–H groups in total. The monoisotopic (exact) mass is 310 g/mol. The molecule has 0 aliphatic heterocycles. The van der Waals surface area contributed by atoms with Gasteiger partial charge in [0, 0.05) is 11.6 Å². The van der Waals surface area contributed by atoms with Crippen molar-refractivity contribution < 1.29 is 19.1 Å². The summed E-state index contributed by atoms with van der Waals surface area (Å²) in [6, 6.07) is 14.5. The summed E-state index contributed by atoms with van der Waals surface area (Å²) >= 11 is 0. The van der Waals surface area contributed by atoms with E-state index in [-0.39, 0.29) is 12.4 Å². The Kier molecular flexibility index (Phi) is 5.69. The van der Waals surface area contributed by atoms with E-state index in [4.69, 9.17) is 4.74 Å². The Hall–Kier alpha value is -2.88. The first-order valence-electron chi connectivity index (χ1n) is 7.19. The Balaban J connectivity index is 2.19. The van der Waals surface area contributed by atoms with E-state index in [0.717, 1.165) is 5.56 Å². The lowest BCUT2D eigenvalue weighted by atomic mass is 10.0. The van der Waals surface area contributed by atoms with Crippen LogP contribution in [0.25, 0.3) is 0 Å². The van der Waals surface area contributed by atoms with E-state index < -0.39 is 5.97 Å². The Morgan fingerprint density at radius 2 is 1.83 bits per heavy atom. The van der Waals surface area contributed by atoms with Crippen LogP contribution in [0.3, 0.4) is 0 Å². The van der Waals surface area contributed by atoms with Gasteiger partial charge in [0.2, 0.25) is 0 Å². The van der Waals surface area contributed by atoms with E-state index in [0.29, 0.717) is 16.9 Å². The van der Waals surface area contributed by atoms with Gasteiger partial charge in [-0.3, -0.25) is 4.79 Å². The van der Waals surface area contributed by atoms with E-state index in [9.17, 15) is 9.59 Å². The summed E-state index contributed by atoms with van der Waals surface area (Å²) < 4.78 is 10.1. The smallest absolute Gasteiger partial charge is 0.330 e. The topological polar surface area (TPSA) is 52.6 Å². The fourth-order valence-corrected chi connectivity index (χ4v) is 2.04. The summed E-state index contributed by atoms with van der Waals surface area (Å²) in [7, 11) is 1.31. The van der Waals surface area contributed by atoms with Crippen LogP contribution in [0, 0.1) is 6.92 Å². The molecule has 0 aliphatic carbocycles. The lowest BCUT2D eigenvalue weighted by molar-refractivity contribution is -0.134. The molecule has 2 aromatic rings. The van der Waals surface area contributed by atoms with Crippen LogP contribution in [0.1, 0.15) is 21.5 Å². The zero-order valence-corrected chi connectivity index (χ0v) is 13.1. The summed E-state index contributed by atoms with van der Waals surface area (Å²) in [4.78, 5) is 23.6. The van der Waals surface area contributed by atoms with Gasteiger partial charge in [0.15, 0.2) is 5.78 Å². The average Bonchev–Trinajstić information content (AvgIpc) is 2.59. The third-order valence-electron chi connectivity index (χ3n) is 3.21. The highest BCUT2D eigenvalue weighted by Gasteiger charge is 2.14. The molecule has 0 aliphatic rings. The van der Waals surface area contributed by atoms with Crippen LogP contribution in [0.2, 0.25) is 0 Å². The summed E-state index contributed by atoms with van der Waals surface area (Å²) in [6.07, 6.45) is 2.83. The van der Waals surface area contributed by atoms with E-state index >= 15 is 0 Å². The Bertz CT molecular complexity index is 717. The van der Waals surface area contributed by atoms with Gasteiger partial charge in [0.05, 0.1) is 12.7 Å². The standard InChI is InChI=1S/C19H18O4/c1-14-10-11-17(23-12-6-9-18(20)22-2)16(13-14)19(21)15-7-4-3-5-8-15/h3-11,13H,12H2,1-2H3. The van der Waals surface area contributed by atoms with Gasteiger partial charge in [-0.25, -0.2) is 4.79 Å². The van der Waals surface area contributed by atoms with Crippen molar-refractivity contribution in [3.8, 4) is 5.75 Å². The quantitative estimate of drug-likeness (QED) is 0.466. The molecule has 0 fully saturated rings. The van der Waals surface area contributed by atoms with Gasteiger partial charge in [-0.15, -0.1) is 0 Å². The molecule has 4 heteroatoms. The normalized spacial score (nSPS) is 10.5. The average molecular weight is 310 g/mol. The molecule has 0 radical (unpaired) electrons. The van der Waals surface area contributed by atoms with Crippen molar-refractivity contribution in [2.75, 3.05) is 13.7 Å². The van der Waals surface area contributed by atoms with E-state index in [1.807, 2.05) is 31.2 Å². The van der Waals surface area contributed by atoms with Crippen LogP contribution in [0.5, 0.6) is 5.75 Å². The lowest BCUT2D eigenvalue weighted by Gasteiger charge is -2.10. The van der Waals surface area contributed by atoms with E-state index in [1.165, 1.54) is 13.2 Å². The van der Waals surface area contributed by atoms with Crippen LogP contribution in [0.4, 0.5) is 0 Å². The molecule has 2 aromatic carbocycles. The first-order chi connectivity index (χ1) is 11.1. The largest absolute Gasteiger partial charge is 0.489 e. The summed E-state index contributed by atoms with van der Waals surface area (Å²) in [5.74, 6) is -0.0571. The molecule has 0 amide bonds. The van der Waals surface area contributed by atoms with Crippen LogP contribution < -0.4 is 4.74 Å². The van der Waals surface area contributed by atoms with Gasteiger partial charge >= 0.3 is 5.97 Å². The van der Waals surface area contributed by atoms with Crippen molar-refractivity contribution in [3.05, 3.63) is 77.4 Å². The van der Waals surface area contributed by atoms with Gasteiger partial charge < -0.3 is 9.47 Å². The minimum absolute atomic E-state index is 0.0961. The molecule has 0 heterocycles. The molecule has 2 rings (SSSR count). The Labute approximate surface area is 135 Å². The van der Waals surface area contributed by atoms with Crippen LogP contribution in [-0.4, -0.2) is 25.5 Å². The number of ether oxygens (including phenoxy) is 2. The molecule has 0 unspecified atom stereocenters. The molecule has 0 spiro atoms. The maximum Gasteiger partial charge on any atom is 0.330 e. The Morgan fingerprint density at radius 3 is 2.52 bits per heavy atom. The molecule has 0 saturated carbocycles. The first kappa shape index (κ1) is 16.5. The van der Waals surface area contributed by atoms with Crippen LogP contribution in [0.15, 0.2) is 60.7 Å². The highest BCUT2D eigenvalue weighted by Crippen LogP contribution is 2.23. The third-order valence-corrected chi connectivity index (χ3v) is 3.21. The fourth-order valence-electron chi connectivity index (χ4n) is 2.04. The number of methoxy groups -OCH3 is 1. The number of ketones is 1. The third kappa shape index (κ3) is 4.54. The zero-order valence-electron chi connectivity index (χ0n) is 13.1. The first-order valence-corrected chi connectivity index (χ1v) is 7.19. The molecule has 0 saturated heterocycles. The summed E-state index contributed by atoms with van der Waals surface area (Å²) in [5, 5.41) is 0. The maximum atomic E-state index is 12.6. The number of rotatable bonds is 6. The lowest BCUT2D eigenvalue weighted by Crippen LogP contribution is -2.06. The minimum Gasteiger partial charge on any atom is -0.489 e. The van der Waals surface area contributed by atoms with Crippen molar-refractivity contribution in [2.24, 2.45) is 0 Å². The second kappa shape index (κ2) is 7.94. The predicted octanol–water partition coefficient (Wildman–Crippen LogP) is 3.33. The fraction of sp³-hybridized carbons (Fsp3) is 0.158. The summed E-state index contributed by atoms with van der Waals surface area (Å²) in [5.41, 5.74) is 2.08. The van der Waals surface area contributed by atoms with Crippen LogP contribution in [-0.2, 0) is 9.53 Å². The molecule has 0 aromatic heterocycles. The molecular formula is C19H18O4. The van der Waals surface area contributed by atoms with Crippen molar-refractivity contribution in [3.63, 3.8) is 0 Å². The van der Waals surface area contributed by atoms with E-state index in [2.05, 4.69) is 4.74 Å². The number of aryl methyl sites for hydroxylation is 1. The van der Waals surface area contributed by atoms with Crippen molar-refractivity contribution in [1.29, 1.82) is 0 Å². The van der Waals surface area contributed by atoms with E-state index in [1.54, 1.807) is 30.3 Å². The van der Waals surface area contributed by atoms with Crippen molar-refractivity contribution in [2.45, 2.75) is 6.92 Å².